The molecule has 0 radical (unpaired) electrons. The van der Waals surface area contributed by atoms with Crippen LogP contribution in [0.15, 0.2) is 0 Å². The molecular formula is C17H37N3. The van der Waals surface area contributed by atoms with E-state index >= 15 is 0 Å². The van der Waals surface area contributed by atoms with Crippen molar-refractivity contribution in [1.82, 2.24) is 15.1 Å². The number of rotatable bonds is 9. The quantitative estimate of drug-likeness (QED) is 0.702. The normalized spacial score (nSPS) is 21.3. The average molecular weight is 284 g/mol. The molecule has 120 valence electrons. The van der Waals surface area contributed by atoms with Crippen LogP contribution in [0.1, 0.15) is 53.4 Å². The summed E-state index contributed by atoms with van der Waals surface area (Å²) in [6, 6.07) is 1.33. The molecule has 1 rings (SSSR count). The second-order valence-electron chi connectivity index (χ2n) is 6.67. The van der Waals surface area contributed by atoms with Gasteiger partial charge in [0.05, 0.1) is 0 Å². The van der Waals surface area contributed by atoms with Gasteiger partial charge < -0.3 is 15.1 Å². The van der Waals surface area contributed by atoms with Gasteiger partial charge in [0.1, 0.15) is 0 Å². The van der Waals surface area contributed by atoms with Gasteiger partial charge in [0, 0.05) is 12.1 Å². The summed E-state index contributed by atoms with van der Waals surface area (Å²) in [7, 11) is 2.24. The monoisotopic (exact) mass is 283 g/mol. The van der Waals surface area contributed by atoms with E-state index in [0.717, 1.165) is 5.92 Å². The van der Waals surface area contributed by atoms with Crippen molar-refractivity contribution in [3.05, 3.63) is 0 Å². The van der Waals surface area contributed by atoms with E-state index in [1.54, 1.807) is 0 Å². The molecule has 2 unspecified atom stereocenters. The Bertz CT molecular complexity index is 232. The van der Waals surface area contributed by atoms with Crippen LogP contribution in [0, 0.1) is 5.92 Å². The molecule has 1 aliphatic heterocycles. The van der Waals surface area contributed by atoms with E-state index in [4.69, 9.17) is 0 Å². The van der Waals surface area contributed by atoms with Crippen molar-refractivity contribution in [3.8, 4) is 0 Å². The van der Waals surface area contributed by atoms with Crippen molar-refractivity contribution < 1.29 is 0 Å². The van der Waals surface area contributed by atoms with Crippen molar-refractivity contribution in [2.75, 3.05) is 39.8 Å². The van der Waals surface area contributed by atoms with E-state index in [-0.39, 0.29) is 0 Å². The number of hydrogen-bond donors (Lipinski definition) is 1. The van der Waals surface area contributed by atoms with Gasteiger partial charge >= 0.3 is 0 Å². The Hall–Kier alpha value is -0.120. The number of likely N-dealkylation sites (tertiary alicyclic amines) is 1. The van der Waals surface area contributed by atoms with Crippen LogP contribution >= 0.6 is 0 Å². The maximum atomic E-state index is 3.84. The summed E-state index contributed by atoms with van der Waals surface area (Å²) < 4.78 is 0. The van der Waals surface area contributed by atoms with Crippen LogP contribution in [0.2, 0.25) is 0 Å². The Morgan fingerprint density at radius 3 is 2.30 bits per heavy atom. The fourth-order valence-corrected chi connectivity index (χ4v) is 3.36. The minimum Gasteiger partial charge on any atom is -0.312 e. The third kappa shape index (κ3) is 6.55. The van der Waals surface area contributed by atoms with Gasteiger partial charge in [-0.05, 0) is 85.2 Å². The standard InChI is InChI=1S/C17H37N3/c1-6-20(7-2)12-8-9-15(3)18-16(4)17-10-13-19(5)14-11-17/h15-18H,6-14H2,1-5H3. The third-order valence-corrected chi connectivity index (χ3v) is 5.02. The maximum Gasteiger partial charge on any atom is 0.00704 e. The topological polar surface area (TPSA) is 18.5 Å². The van der Waals surface area contributed by atoms with Crippen LogP contribution in [-0.2, 0) is 0 Å². The lowest BCUT2D eigenvalue weighted by Gasteiger charge is -2.34. The summed E-state index contributed by atoms with van der Waals surface area (Å²) in [5.41, 5.74) is 0. The highest BCUT2D eigenvalue weighted by molar-refractivity contribution is 4.80. The van der Waals surface area contributed by atoms with Crippen LogP contribution in [-0.4, -0.2) is 61.7 Å². The maximum absolute atomic E-state index is 3.84. The van der Waals surface area contributed by atoms with Crippen molar-refractivity contribution >= 4 is 0 Å². The predicted octanol–water partition coefficient (Wildman–Crippen LogP) is 2.82. The van der Waals surface area contributed by atoms with E-state index < -0.39 is 0 Å². The number of nitrogens with one attached hydrogen (secondary N) is 1. The first-order valence-electron chi connectivity index (χ1n) is 8.73. The van der Waals surface area contributed by atoms with Gasteiger partial charge in [0.15, 0.2) is 0 Å². The third-order valence-electron chi connectivity index (χ3n) is 5.02. The van der Waals surface area contributed by atoms with Gasteiger partial charge in [0.2, 0.25) is 0 Å². The van der Waals surface area contributed by atoms with E-state index in [1.165, 1.54) is 58.4 Å². The van der Waals surface area contributed by atoms with E-state index in [0.29, 0.717) is 12.1 Å². The Balaban J connectivity index is 2.16. The SMILES string of the molecule is CCN(CC)CCCC(C)NC(C)C1CCN(C)CC1. The lowest BCUT2D eigenvalue weighted by atomic mass is 9.90. The molecule has 1 heterocycles. The van der Waals surface area contributed by atoms with Gasteiger partial charge in [-0.3, -0.25) is 0 Å². The Kier molecular flexibility index (Phi) is 8.74. The lowest BCUT2D eigenvalue weighted by Crippen LogP contribution is -2.44. The van der Waals surface area contributed by atoms with E-state index in [2.05, 4.69) is 49.9 Å². The van der Waals surface area contributed by atoms with Crippen molar-refractivity contribution in [3.63, 3.8) is 0 Å². The molecule has 3 nitrogen and oxygen atoms in total. The zero-order valence-electron chi connectivity index (χ0n) is 14.5. The molecule has 20 heavy (non-hydrogen) atoms. The zero-order valence-corrected chi connectivity index (χ0v) is 14.5. The number of piperidine rings is 1. The van der Waals surface area contributed by atoms with Gasteiger partial charge in [0.25, 0.3) is 0 Å². The fourth-order valence-electron chi connectivity index (χ4n) is 3.36. The van der Waals surface area contributed by atoms with Gasteiger partial charge in [-0.1, -0.05) is 13.8 Å². The van der Waals surface area contributed by atoms with E-state index in [1.807, 2.05) is 0 Å². The second-order valence-corrected chi connectivity index (χ2v) is 6.67. The minimum absolute atomic E-state index is 0.653. The Morgan fingerprint density at radius 2 is 1.75 bits per heavy atom. The minimum atomic E-state index is 0.653. The van der Waals surface area contributed by atoms with Crippen LogP contribution < -0.4 is 5.32 Å². The highest BCUT2D eigenvalue weighted by Crippen LogP contribution is 2.20. The molecule has 0 aromatic rings. The summed E-state index contributed by atoms with van der Waals surface area (Å²) in [5, 5.41) is 3.84. The molecule has 3 heteroatoms. The lowest BCUT2D eigenvalue weighted by molar-refractivity contribution is 0.183. The molecule has 0 aliphatic carbocycles. The summed E-state index contributed by atoms with van der Waals surface area (Å²) in [6.07, 6.45) is 5.33. The van der Waals surface area contributed by atoms with E-state index in [9.17, 15) is 0 Å². The molecule has 0 amide bonds. The first-order chi connectivity index (χ1) is 9.56. The zero-order chi connectivity index (χ0) is 15.0. The molecule has 1 saturated heterocycles. The smallest absolute Gasteiger partial charge is 0.00704 e. The molecule has 0 bridgehead atoms. The van der Waals surface area contributed by atoms with Gasteiger partial charge in [-0.2, -0.15) is 0 Å². The molecule has 1 aliphatic rings. The van der Waals surface area contributed by atoms with Crippen LogP contribution in [0.4, 0.5) is 0 Å². The summed E-state index contributed by atoms with van der Waals surface area (Å²) in [6.45, 7) is 15.4. The van der Waals surface area contributed by atoms with Crippen molar-refractivity contribution in [2.24, 2.45) is 5.92 Å². The van der Waals surface area contributed by atoms with Gasteiger partial charge in [-0.25, -0.2) is 0 Å². The first kappa shape index (κ1) is 17.9. The molecule has 0 aromatic carbocycles. The molecule has 0 aromatic heterocycles. The van der Waals surface area contributed by atoms with Gasteiger partial charge in [-0.15, -0.1) is 0 Å². The van der Waals surface area contributed by atoms with Crippen LogP contribution in [0.3, 0.4) is 0 Å². The highest BCUT2D eigenvalue weighted by Gasteiger charge is 2.22. The number of nitrogens with zero attached hydrogens (tertiary/aromatic N) is 2. The number of hydrogen-bond acceptors (Lipinski definition) is 3. The molecule has 1 N–H and O–H groups in total. The molecular weight excluding hydrogens is 246 g/mol. The summed E-state index contributed by atoms with van der Waals surface area (Å²) in [4.78, 5) is 4.98. The molecule has 1 fully saturated rings. The van der Waals surface area contributed by atoms with Crippen molar-refractivity contribution in [1.29, 1.82) is 0 Å². The fraction of sp³-hybridized carbons (Fsp3) is 1.00. The average Bonchev–Trinajstić information content (AvgIpc) is 2.44. The van der Waals surface area contributed by atoms with Crippen LogP contribution in [0.5, 0.6) is 0 Å². The summed E-state index contributed by atoms with van der Waals surface area (Å²) in [5.74, 6) is 0.872. The van der Waals surface area contributed by atoms with Crippen LogP contribution in [0.25, 0.3) is 0 Å². The predicted molar refractivity (Wildman–Crippen MR) is 89.3 cm³/mol. The largest absolute Gasteiger partial charge is 0.312 e. The Morgan fingerprint density at radius 1 is 1.15 bits per heavy atom. The van der Waals surface area contributed by atoms with Crippen molar-refractivity contribution in [2.45, 2.75) is 65.5 Å². The second kappa shape index (κ2) is 9.75. The summed E-state index contributed by atoms with van der Waals surface area (Å²) >= 11 is 0. The molecule has 2 atom stereocenters. The molecule has 0 spiro atoms. The first-order valence-corrected chi connectivity index (χ1v) is 8.73. The Labute approximate surface area is 127 Å². The molecule has 0 saturated carbocycles. The highest BCUT2D eigenvalue weighted by atomic mass is 15.1.